The third kappa shape index (κ3) is 5.41. The van der Waals surface area contributed by atoms with E-state index in [1.807, 2.05) is 14.2 Å². The summed E-state index contributed by atoms with van der Waals surface area (Å²) in [4.78, 5) is 0. The minimum absolute atomic E-state index is 0.265. The van der Waals surface area contributed by atoms with Gasteiger partial charge in [0, 0.05) is 28.4 Å². The molecule has 1 aliphatic rings. The number of rotatable bonds is 10. The minimum atomic E-state index is -0.270. The Morgan fingerprint density at radius 1 is 1.00 bits per heavy atom. The Balaban J connectivity index is 2.22. The van der Waals surface area contributed by atoms with Crippen LogP contribution in [0.25, 0.3) is 0 Å². The first-order chi connectivity index (χ1) is 8.76. The van der Waals surface area contributed by atoms with Gasteiger partial charge >= 0.3 is 0 Å². The highest BCUT2D eigenvalue weighted by Gasteiger charge is 2.28. The summed E-state index contributed by atoms with van der Waals surface area (Å²) >= 11 is 0. The van der Waals surface area contributed by atoms with Crippen molar-refractivity contribution in [1.29, 1.82) is 0 Å². The second-order valence-corrected chi connectivity index (χ2v) is 9.58. The van der Waals surface area contributed by atoms with Gasteiger partial charge < -0.3 is 9.47 Å². The number of hydrogen-bond acceptors (Lipinski definition) is 2. The summed E-state index contributed by atoms with van der Waals surface area (Å²) in [6.07, 6.45) is 8.31. The summed E-state index contributed by atoms with van der Waals surface area (Å²) in [5, 5.41) is 0. The Morgan fingerprint density at radius 2 is 1.61 bits per heavy atom. The Hall–Kier alpha value is 0.137. The first-order valence-electron chi connectivity index (χ1n) is 7.74. The second-order valence-electron chi connectivity index (χ2n) is 6.12. The van der Waals surface area contributed by atoms with Crippen LogP contribution in [0, 0.1) is 5.41 Å². The molecule has 0 aliphatic carbocycles. The quantitative estimate of drug-likeness (QED) is 0.444. The number of methoxy groups -OCH3 is 2. The molecule has 0 radical (unpaired) electrons. The summed E-state index contributed by atoms with van der Waals surface area (Å²) in [6.45, 7) is 3.96. The van der Waals surface area contributed by atoms with Gasteiger partial charge in [0.1, 0.15) is 0 Å². The second kappa shape index (κ2) is 9.11. The highest BCUT2D eigenvalue weighted by atomic mass is 28.3. The smallest absolute Gasteiger partial charge is 0.0540 e. The van der Waals surface area contributed by atoms with E-state index in [2.05, 4.69) is 6.92 Å². The minimum Gasteiger partial charge on any atom is -0.384 e. The highest BCUT2D eigenvalue weighted by molar-refractivity contribution is 6.59. The molecule has 0 aromatic heterocycles. The zero-order chi connectivity index (χ0) is 13.3. The fourth-order valence-electron chi connectivity index (χ4n) is 3.41. The molecule has 1 saturated heterocycles. The molecule has 1 aliphatic heterocycles. The molecular formula is C15H32O2Si. The lowest BCUT2D eigenvalue weighted by Gasteiger charge is -2.31. The summed E-state index contributed by atoms with van der Waals surface area (Å²) < 4.78 is 10.8. The molecule has 0 saturated carbocycles. The third-order valence-corrected chi connectivity index (χ3v) is 8.37. The topological polar surface area (TPSA) is 18.5 Å². The van der Waals surface area contributed by atoms with Gasteiger partial charge in [-0.05, 0) is 12.8 Å². The third-order valence-electron chi connectivity index (χ3n) is 4.70. The van der Waals surface area contributed by atoms with Crippen molar-refractivity contribution in [1.82, 2.24) is 0 Å². The van der Waals surface area contributed by atoms with Gasteiger partial charge in [0.15, 0.2) is 0 Å². The van der Waals surface area contributed by atoms with Crippen LogP contribution in [0.3, 0.4) is 0 Å². The van der Waals surface area contributed by atoms with Crippen LogP contribution >= 0.6 is 0 Å². The molecule has 0 aromatic rings. The van der Waals surface area contributed by atoms with Gasteiger partial charge in [-0.1, -0.05) is 50.7 Å². The fourth-order valence-corrected chi connectivity index (χ4v) is 6.88. The van der Waals surface area contributed by atoms with E-state index in [1.165, 1.54) is 32.1 Å². The molecule has 0 aromatic carbocycles. The lowest BCUT2D eigenvalue weighted by Crippen LogP contribution is -2.31. The van der Waals surface area contributed by atoms with E-state index in [0.717, 1.165) is 19.6 Å². The summed E-state index contributed by atoms with van der Waals surface area (Å²) in [5.74, 6) is 0. The van der Waals surface area contributed by atoms with Crippen LogP contribution in [0.15, 0.2) is 0 Å². The normalized spacial score (nSPS) is 17.5. The van der Waals surface area contributed by atoms with Gasteiger partial charge in [-0.3, -0.25) is 0 Å². The Bertz CT molecular complexity index is 197. The maximum Gasteiger partial charge on any atom is 0.0540 e. The molecule has 18 heavy (non-hydrogen) atoms. The van der Waals surface area contributed by atoms with Crippen molar-refractivity contribution < 1.29 is 9.47 Å². The van der Waals surface area contributed by atoms with Crippen LogP contribution < -0.4 is 0 Å². The van der Waals surface area contributed by atoms with Crippen LogP contribution in [-0.4, -0.2) is 36.2 Å². The van der Waals surface area contributed by atoms with Crippen molar-refractivity contribution in [2.24, 2.45) is 5.41 Å². The zero-order valence-corrected chi connectivity index (χ0v) is 13.8. The molecule has 0 bridgehead atoms. The Kier molecular flexibility index (Phi) is 8.19. The Labute approximate surface area is 115 Å². The molecule has 3 heteroatoms. The fraction of sp³-hybridized carbons (Fsp3) is 1.00. The maximum atomic E-state index is 5.41. The predicted molar refractivity (Wildman–Crippen MR) is 81.1 cm³/mol. The highest BCUT2D eigenvalue weighted by Crippen LogP contribution is 2.31. The van der Waals surface area contributed by atoms with E-state index < -0.39 is 0 Å². The molecule has 0 N–H and O–H groups in total. The largest absolute Gasteiger partial charge is 0.384 e. The monoisotopic (exact) mass is 272 g/mol. The number of ether oxygens (including phenoxy) is 2. The number of hydrogen-bond donors (Lipinski definition) is 0. The van der Waals surface area contributed by atoms with Crippen molar-refractivity contribution in [2.45, 2.75) is 63.6 Å². The molecule has 0 atom stereocenters. The zero-order valence-electron chi connectivity index (χ0n) is 12.7. The van der Waals surface area contributed by atoms with Crippen LogP contribution in [-0.2, 0) is 9.47 Å². The summed E-state index contributed by atoms with van der Waals surface area (Å²) in [6, 6.07) is 4.82. The van der Waals surface area contributed by atoms with E-state index in [4.69, 9.17) is 9.47 Å². The lowest BCUT2D eigenvalue weighted by atomic mass is 9.82. The van der Waals surface area contributed by atoms with Gasteiger partial charge in [-0.25, -0.2) is 0 Å². The van der Waals surface area contributed by atoms with Crippen molar-refractivity contribution in [3.8, 4) is 0 Å². The first kappa shape index (κ1) is 16.2. The van der Waals surface area contributed by atoms with Gasteiger partial charge in [0.2, 0.25) is 0 Å². The van der Waals surface area contributed by atoms with E-state index in [0.29, 0.717) is 0 Å². The maximum absolute atomic E-state index is 5.41. The standard InChI is InChI=1S/C15H32O2Si/c1-4-15(13-16-2,14-17-3)9-5-6-10-18-11-7-8-12-18/h18H,4-14H2,1-3H3. The van der Waals surface area contributed by atoms with Crippen molar-refractivity contribution >= 4 is 8.80 Å². The Morgan fingerprint density at radius 3 is 2.11 bits per heavy atom. The van der Waals surface area contributed by atoms with Crippen LogP contribution in [0.1, 0.15) is 45.4 Å². The summed E-state index contributed by atoms with van der Waals surface area (Å²) in [7, 11) is 3.35. The molecular weight excluding hydrogens is 240 g/mol. The van der Waals surface area contributed by atoms with Crippen molar-refractivity contribution in [3.63, 3.8) is 0 Å². The molecule has 108 valence electrons. The van der Waals surface area contributed by atoms with Gasteiger partial charge in [-0.15, -0.1) is 0 Å². The molecule has 1 heterocycles. The van der Waals surface area contributed by atoms with Crippen LogP contribution in [0.2, 0.25) is 18.1 Å². The van der Waals surface area contributed by atoms with Crippen molar-refractivity contribution in [3.05, 3.63) is 0 Å². The predicted octanol–water partition coefficient (Wildman–Crippen LogP) is 3.87. The SMILES string of the molecule is CCC(CCCC[SiH]1CCCC1)(COC)COC. The van der Waals surface area contributed by atoms with E-state index in [9.17, 15) is 0 Å². The van der Waals surface area contributed by atoms with Crippen molar-refractivity contribution in [2.75, 3.05) is 27.4 Å². The van der Waals surface area contributed by atoms with E-state index in [1.54, 1.807) is 18.1 Å². The van der Waals surface area contributed by atoms with Crippen LogP contribution in [0.4, 0.5) is 0 Å². The summed E-state index contributed by atoms with van der Waals surface area (Å²) in [5.41, 5.74) is 0.265. The van der Waals surface area contributed by atoms with Gasteiger partial charge in [0.05, 0.1) is 13.2 Å². The first-order valence-corrected chi connectivity index (χ1v) is 10.2. The molecule has 0 spiro atoms. The number of unbranched alkanes of at least 4 members (excludes halogenated alkanes) is 1. The van der Waals surface area contributed by atoms with Crippen LogP contribution in [0.5, 0.6) is 0 Å². The van der Waals surface area contributed by atoms with Gasteiger partial charge in [-0.2, -0.15) is 0 Å². The lowest BCUT2D eigenvalue weighted by molar-refractivity contribution is 0.000476. The van der Waals surface area contributed by atoms with Gasteiger partial charge in [0.25, 0.3) is 0 Å². The molecule has 2 nitrogen and oxygen atoms in total. The molecule has 1 rings (SSSR count). The molecule has 1 fully saturated rings. The average molecular weight is 273 g/mol. The average Bonchev–Trinajstić information content (AvgIpc) is 2.88. The van der Waals surface area contributed by atoms with E-state index in [-0.39, 0.29) is 14.2 Å². The molecule has 0 amide bonds. The van der Waals surface area contributed by atoms with E-state index >= 15 is 0 Å². The molecule has 0 unspecified atom stereocenters.